The fourth-order valence-electron chi connectivity index (χ4n) is 3.33. The fourth-order valence-corrected chi connectivity index (χ4v) is 3.33. The summed E-state index contributed by atoms with van der Waals surface area (Å²) in [5, 5.41) is 60.3. The Balaban J connectivity index is 2.29. The van der Waals surface area contributed by atoms with Crippen LogP contribution < -0.4 is 0 Å². The average Bonchev–Trinajstić information content (AvgIpc) is 2.77. The van der Waals surface area contributed by atoms with Crippen LogP contribution in [0.1, 0.15) is 69.2 Å². The summed E-state index contributed by atoms with van der Waals surface area (Å²) in [6, 6.07) is 5.69. The van der Waals surface area contributed by atoms with E-state index in [2.05, 4.69) is 11.8 Å². The zero-order valence-corrected chi connectivity index (χ0v) is 20.4. The van der Waals surface area contributed by atoms with E-state index in [0.29, 0.717) is 29.5 Å². The normalized spacial score (nSPS) is 12.1. The Morgan fingerprint density at radius 3 is 1.91 bits per heavy atom. The largest absolute Gasteiger partial charge is 0.508 e. The number of aliphatic hydroxyl groups excluding tert-OH is 2. The molecule has 0 atom stereocenters. The quantitative estimate of drug-likeness (QED) is 0.179. The molecule has 0 aliphatic rings. The molecular weight excluding hydrogens is 432 g/mol. The van der Waals surface area contributed by atoms with E-state index in [9.17, 15) is 30.6 Å². The van der Waals surface area contributed by atoms with Crippen molar-refractivity contribution in [3.63, 3.8) is 0 Å². The highest BCUT2D eigenvalue weighted by Crippen LogP contribution is 2.34. The van der Waals surface area contributed by atoms with Gasteiger partial charge < -0.3 is 30.6 Å². The van der Waals surface area contributed by atoms with Gasteiger partial charge in [0.15, 0.2) is 0 Å². The molecule has 0 unspecified atom stereocenters. The van der Waals surface area contributed by atoms with Gasteiger partial charge in [-0.25, -0.2) is 0 Å². The first-order valence-electron chi connectivity index (χ1n) is 11.4. The van der Waals surface area contributed by atoms with Gasteiger partial charge in [0, 0.05) is 30.8 Å². The van der Waals surface area contributed by atoms with Crippen molar-refractivity contribution in [3.05, 3.63) is 46.5 Å². The molecule has 0 radical (unpaired) electrons. The van der Waals surface area contributed by atoms with Gasteiger partial charge in [-0.05, 0) is 59.9 Å². The topological polar surface area (TPSA) is 121 Å². The first-order valence-corrected chi connectivity index (χ1v) is 11.4. The molecule has 2 rings (SSSR count). The van der Waals surface area contributed by atoms with Crippen molar-refractivity contribution in [2.75, 3.05) is 13.2 Å². The van der Waals surface area contributed by atoms with E-state index in [1.807, 2.05) is 27.7 Å². The third-order valence-electron chi connectivity index (χ3n) is 5.72. The van der Waals surface area contributed by atoms with Crippen LogP contribution in [0.15, 0.2) is 24.3 Å². The molecule has 6 heteroatoms. The Morgan fingerprint density at radius 2 is 1.32 bits per heavy atom. The summed E-state index contributed by atoms with van der Waals surface area (Å²) >= 11 is 0. The number of aliphatic hydroxyl groups is 2. The van der Waals surface area contributed by atoms with Crippen LogP contribution in [0.25, 0.3) is 12.2 Å². The van der Waals surface area contributed by atoms with Gasteiger partial charge in [-0.1, -0.05) is 51.7 Å². The number of rotatable bonds is 9. The highest BCUT2D eigenvalue weighted by Gasteiger charge is 2.17. The first-order chi connectivity index (χ1) is 15.9. The molecule has 6 nitrogen and oxygen atoms in total. The highest BCUT2D eigenvalue weighted by molar-refractivity contribution is 5.78. The van der Waals surface area contributed by atoms with Gasteiger partial charge in [0.1, 0.15) is 23.0 Å². The van der Waals surface area contributed by atoms with Gasteiger partial charge >= 0.3 is 0 Å². The number of hydrogen-bond donors (Lipinski definition) is 6. The SMILES string of the molecule is CC(C)(CO)CC#Cc1cc(O)cc(C=Cc2cc(O)cc(CCCC(C)(C)CO)c2O)c1O. The standard InChI is InChI=1S/C28H36O6/c1-27(2,17-29)11-5-7-19-13-23(31)15-21(25(19)33)9-10-22-16-24(32)14-20(26(22)34)8-6-12-28(3,4)18-30/h9-10,13-16,29-34H,5,7,11-12,17-18H2,1-4H3. The summed E-state index contributed by atoms with van der Waals surface area (Å²) in [7, 11) is 0. The van der Waals surface area contributed by atoms with Crippen molar-refractivity contribution in [2.45, 2.75) is 53.4 Å². The zero-order valence-electron chi connectivity index (χ0n) is 20.4. The minimum atomic E-state index is -0.374. The second-order valence-corrected chi connectivity index (χ2v) is 10.3. The van der Waals surface area contributed by atoms with Crippen LogP contribution >= 0.6 is 0 Å². The summed E-state index contributed by atoms with van der Waals surface area (Å²) in [6.07, 6.45) is 5.53. The molecule has 0 aliphatic carbocycles. The van der Waals surface area contributed by atoms with Gasteiger partial charge in [0.05, 0.1) is 5.56 Å². The molecule has 0 fully saturated rings. The van der Waals surface area contributed by atoms with Crippen LogP contribution in [-0.2, 0) is 6.42 Å². The van der Waals surface area contributed by atoms with E-state index in [1.54, 1.807) is 6.08 Å². The van der Waals surface area contributed by atoms with Crippen LogP contribution in [-0.4, -0.2) is 43.9 Å². The van der Waals surface area contributed by atoms with Crippen LogP contribution in [0.5, 0.6) is 23.0 Å². The molecule has 0 bridgehead atoms. The van der Waals surface area contributed by atoms with Crippen molar-refractivity contribution in [1.82, 2.24) is 0 Å². The lowest BCUT2D eigenvalue weighted by Crippen LogP contribution is -2.16. The maximum atomic E-state index is 10.7. The molecule has 0 amide bonds. The van der Waals surface area contributed by atoms with E-state index >= 15 is 0 Å². The Bertz CT molecular complexity index is 1090. The number of hydrogen-bond acceptors (Lipinski definition) is 6. The highest BCUT2D eigenvalue weighted by atomic mass is 16.3. The lowest BCUT2D eigenvalue weighted by molar-refractivity contribution is 0.148. The summed E-state index contributed by atoms with van der Waals surface area (Å²) in [4.78, 5) is 0. The van der Waals surface area contributed by atoms with Crippen LogP contribution in [0.2, 0.25) is 0 Å². The second kappa shape index (κ2) is 11.3. The molecule has 0 spiro atoms. The molecule has 0 aromatic heterocycles. The lowest BCUT2D eigenvalue weighted by atomic mass is 9.87. The van der Waals surface area contributed by atoms with E-state index in [-0.39, 0.29) is 52.6 Å². The summed E-state index contributed by atoms with van der Waals surface area (Å²) in [5.41, 5.74) is 0.931. The molecular formula is C28H36O6. The molecule has 34 heavy (non-hydrogen) atoms. The van der Waals surface area contributed by atoms with E-state index in [1.165, 1.54) is 30.3 Å². The van der Waals surface area contributed by atoms with Crippen LogP contribution in [0.4, 0.5) is 0 Å². The van der Waals surface area contributed by atoms with Crippen molar-refractivity contribution in [1.29, 1.82) is 0 Å². The smallest absolute Gasteiger partial charge is 0.138 e. The minimum absolute atomic E-state index is 0.00653. The number of phenolic OH excluding ortho intramolecular Hbond substituents is 4. The van der Waals surface area contributed by atoms with Crippen molar-refractivity contribution < 1.29 is 30.6 Å². The summed E-state index contributed by atoms with van der Waals surface area (Å²) < 4.78 is 0. The number of benzene rings is 2. The maximum Gasteiger partial charge on any atom is 0.138 e. The maximum absolute atomic E-state index is 10.7. The molecule has 2 aromatic carbocycles. The van der Waals surface area contributed by atoms with Gasteiger partial charge in [0.2, 0.25) is 0 Å². The Kier molecular flexibility index (Phi) is 9.03. The molecule has 6 N–H and O–H groups in total. The van der Waals surface area contributed by atoms with E-state index in [0.717, 1.165) is 12.8 Å². The Morgan fingerprint density at radius 1 is 0.765 bits per heavy atom. The summed E-state index contributed by atoms with van der Waals surface area (Å²) in [5.74, 6) is 5.61. The number of aryl methyl sites for hydroxylation is 1. The van der Waals surface area contributed by atoms with Crippen LogP contribution in [0.3, 0.4) is 0 Å². The first kappa shape index (κ1) is 27.1. The fraction of sp³-hybridized carbons (Fsp3) is 0.429. The van der Waals surface area contributed by atoms with E-state index in [4.69, 9.17) is 0 Å². The third kappa shape index (κ3) is 7.72. The van der Waals surface area contributed by atoms with Crippen LogP contribution in [0, 0.1) is 22.7 Å². The molecule has 0 saturated heterocycles. The number of aromatic hydroxyl groups is 4. The Hall–Kier alpha value is -3.14. The molecule has 184 valence electrons. The predicted molar refractivity (Wildman–Crippen MR) is 135 cm³/mol. The van der Waals surface area contributed by atoms with E-state index < -0.39 is 0 Å². The summed E-state index contributed by atoms with van der Waals surface area (Å²) in [6.45, 7) is 7.75. The number of phenols is 4. The minimum Gasteiger partial charge on any atom is -0.508 e. The lowest BCUT2D eigenvalue weighted by Gasteiger charge is -2.21. The average molecular weight is 469 g/mol. The van der Waals surface area contributed by atoms with Crippen molar-refractivity contribution >= 4 is 12.2 Å². The van der Waals surface area contributed by atoms with Crippen molar-refractivity contribution in [3.8, 4) is 34.8 Å². The van der Waals surface area contributed by atoms with Gasteiger partial charge in [-0.15, -0.1) is 0 Å². The predicted octanol–water partition coefficient (Wildman–Crippen LogP) is 4.78. The van der Waals surface area contributed by atoms with Crippen molar-refractivity contribution in [2.24, 2.45) is 10.8 Å². The molecule has 0 saturated carbocycles. The molecule has 0 aliphatic heterocycles. The van der Waals surface area contributed by atoms with Gasteiger partial charge in [-0.2, -0.15) is 0 Å². The Labute approximate surface area is 201 Å². The third-order valence-corrected chi connectivity index (χ3v) is 5.72. The monoisotopic (exact) mass is 468 g/mol. The molecule has 0 heterocycles. The zero-order chi connectivity index (χ0) is 25.5. The second-order valence-electron chi connectivity index (χ2n) is 10.3. The molecule has 2 aromatic rings. The van der Waals surface area contributed by atoms with Gasteiger partial charge in [-0.3, -0.25) is 0 Å². The van der Waals surface area contributed by atoms with Gasteiger partial charge in [0.25, 0.3) is 0 Å².